The highest BCUT2D eigenvalue weighted by molar-refractivity contribution is 7.89. The van der Waals surface area contributed by atoms with E-state index in [-0.39, 0.29) is 16.8 Å². The molecular formula is C15H19N3O3S2. The van der Waals surface area contributed by atoms with Crippen molar-refractivity contribution >= 4 is 32.4 Å². The molecule has 23 heavy (non-hydrogen) atoms. The minimum Gasteiger partial charge on any atom is -0.298 e. The van der Waals surface area contributed by atoms with Crippen LogP contribution in [0.2, 0.25) is 0 Å². The van der Waals surface area contributed by atoms with Crippen LogP contribution in [-0.2, 0) is 10.0 Å². The average Bonchev–Trinajstić information content (AvgIpc) is 2.91. The number of aryl methyl sites for hydroxylation is 1. The first-order valence-corrected chi connectivity index (χ1v) is 9.29. The number of aromatic nitrogens is 1. The van der Waals surface area contributed by atoms with Gasteiger partial charge in [0.1, 0.15) is 0 Å². The zero-order valence-corrected chi connectivity index (χ0v) is 15.0. The van der Waals surface area contributed by atoms with E-state index in [2.05, 4.69) is 10.3 Å². The second kappa shape index (κ2) is 6.77. The number of hydrogen-bond acceptors (Lipinski definition) is 5. The molecule has 0 aliphatic carbocycles. The lowest BCUT2D eigenvalue weighted by atomic mass is 10.2. The summed E-state index contributed by atoms with van der Waals surface area (Å²) in [5, 5.41) is 3.20. The highest BCUT2D eigenvalue weighted by Gasteiger charge is 2.23. The maximum Gasteiger partial charge on any atom is 0.257 e. The van der Waals surface area contributed by atoms with Gasteiger partial charge in [-0.3, -0.25) is 10.1 Å². The molecule has 1 heterocycles. The standard InChI is InChI=1S/C15H19N3O3S2/c1-10(2)18(4)23(20,21)13-7-5-12(6-8-13)14(19)17-15-16-9-11(3)22-15/h5-10H,1-4H3,(H,16,17,19). The van der Waals surface area contributed by atoms with E-state index in [0.29, 0.717) is 10.7 Å². The van der Waals surface area contributed by atoms with E-state index in [4.69, 9.17) is 0 Å². The topological polar surface area (TPSA) is 79.4 Å². The van der Waals surface area contributed by atoms with Gasteiger partial charge in [-0.25, -0.2) is 13.4 Å². The predicted molar refractivity (Wildman–Crippen MR) is 91.3 cm³/mol. The third-order valence-electron chi connectivity index (χ3n) is 3.36. The first-order valence-electron chi connectivity index (χ1n) is 7.03. The van der Waals surface area contributed by atoms with Gasteiger partial charge in [0.25, 0.3) is 5.91 Å². The number of thiazole rings is 1. The van der Waals surface area contributed by atoms with Crippen molar-refractivity contribution < 1.29 is 13.2 Å². The number of benzene rings is 1. The van der Waals surface area contributed by atoms with Crippen LogP contribution in [0.25, 0.3) is 0 Å². The van der Waals surface area contributed by atoms with E-state index >= 15 is 0 Å². The van der Waals surface area contributed by atoms with Gasteiger partial charge in [0.2, 0.25) is 10.0 Å². The summed E-state index contributed by atoms with van der Waals surface area (Å²) in [6.45, 7) is 5.50. The van der Waals surface area contributed by atoms with Gasteiger partial charge in [-0.2, -0.15) is 4.31 Å². The quantitative estimate of drug-likeness (QED) is 0.896. The number of nitrogens with one attached hydrogen (secondary N) is 1. The molecule has 1 aromatic carbocycles. The fourth-order valence-corrected chi connectivity index (χ4v) is 3.83. The molecular weight excluding hydrogens is 334 g/mol. The van der Waals surface area contributed by atoms with E-state index in [9.17, 15) is 13.2 Å². The largest absolute Gasteiger partial charge is 0.298 e. The van der Waals surface area contributed by atoms with Crippen LogP contribution < -0.4 is 5.32 Å². The van der Waals surface area contributed by atoms with Crippen LogP contribution in [0.4, 0.5) is 5.13 Å². The number of anilines is 1. The average molecular weight is 353 g/mol. The maximum absolute atomic E-state index is 12.4. The third kappa shape index (κ3) is 3.95. The van der Waals surface area contributed by atoms with Crippen molar-refractivity contribution in [1.82, 2.24) is 9.29 Å². The number of carbonyl (C=O) groups is 1. The lowest BCUT2D eigenvalue weighted by Gasteiger charge is -2.20. The molecule has 0 unspecified atom stereocenters. The third-order valence-corrected chi connectivity index (χ3v) is 6.24. The first kappa shape index (κ1) is 17.6. The molecule has 1 amide bonds. The van der Waals surface area contributed by atoms with Crippen molar-refractivity contribution in [3.63, 3.8) is 0 Å². The van der Waals surface area contributed by atoms with Gasteiger partial charge in [-0.15, -0.1) is 11.3 Å². The summed E-state index contributed by atoms with van der Waals surface area (Å²) in [4.78, 5) is 17.3. The number of carbonyl (C=O) groups excluding carboxylic acids is 1. The molecule has 1 aromatic heterocycles. The lowest BCUT2D eigenvalue weighted by molar-refractivity contribution is 0.102. The molecule has 1 N–H and O–H groups in total. The molecule has 6 nitrogen and oxygen atoms in total. The van der Waals surface area contributed by atoms with Crippen LogP contribution in [0.1, 0.15) is 29.1 Å². The minimum absolute atomic E-state index is 0.142. The smallest absolute Gasteiger partial charge is 0.257 e. The first-order chi connectivity index (χ1) is 10.7. The molecule has 0 spiro atoms. The normalized spacial score (nSPS) is 11.9. The van der Waals surface area contributed by atoms with Crippen LogP contribution in [0.5, 0.6) is 0 Å². The van der Waals surface area contributed by atoms with Crippen LogP contribution in [0, 0.1) is 6.92 Å². The maximum atomic E-state index is 12.4. The summed E-state index contributed by atoms with van der Waals surface area (Å²) < 4.78 is 26.0. The summed E-state index contributed by atoms with van der Waals surface area (Å²) in [6.07, 6.45) is 1.68. The molecule has 0 atom stereocenters. The molecule has 0 radical (unpaired) electrons. The van der Waals surface area contributed by atoms with Gasteiger partial charge in [0.15, 0.2) is 5.13 Å². The molecule has 0 fully saturated rings. The Morgan fingerprint density at radius 1 is 1.26 bits per heavy atom. The number of nitrogens with zero attached hydrogens (tertiary/aromatic N) is 2. The van der Waals surface area contributed by atoms with Crippen molar-refractivity contribution in [2.75, 3.05) is 12.4 Å². The lowest BCUT2D eigenvalue weighted by Crippen LogP contribution is -2.33. The zero-order valence-electron chi connectivity index (χ0n) is 13.4. The second-order valence-electron chi connectivity index (χ2n) is 5.37. The second-order valence-corrected chi connectivity index (χ2v) is 8.60. The molecule has 0 aliphatic heterocycles. The van der Waals surface area contributed by atoms with Gasteiger partial charge in [0, 0.05) is 29.7 Å². The van der Waals surface area contributed by atoms with E-state index in [1.807, 2.05) is 6.92 Å². The van der Waals surface area contributed by atoms with E-state index in [1.54, 1.807) is 20.0 Å². The summed E-state index contributed by atoms with van der Waals surface area (Å²) in [7, 11) is -2.01. The number of sulfonamides is 1. The fourth-order valence-electron chi connectivity index (χ4n) is 1.80. The highest BCUT2D eigenvalue weighted by Crippen LogP contribution is 2.19. The van der Waals surface area contributed by atoms with Crippen LogP contribution >= 0.6 is 11.3 Å². The molecule has 0 saturated heterocycles. The number of rotatable bonds is 5. The predicted octanol–water partition coefficient (Wildman–Crippen LogP) is 2.73. The van der Waals surface area contributed by atoms with E-state index < -0.39 is 10.0 Å². The van der Waals surface area contributed by atoms with Crippen molar-refractivity contribution in [1.29, 1.82) is 0 Å². The SMILES string of the molecule is Cc1cnc(NC(=O)c2ccc(S(=O)(=O)N(C)C(C)C)cc2)s1. The summed E-state index contributed by atoms with van der Waals surface area (Å²) in [6, 6.07) is 5.73. The summed E-state index contributed by atoms with van der Waals surface area (Å²) in [5.41, 5.74) is 0.379. The van der Waals surface area contributed by atoms with Gasteiger partial charge in [-0.1, -0.05) is 0 Å². The van der Waals surface area contributed by atoms with Gasteiger partial charge in [-0.05, 0) is 45.0 Å². The van der Waals surface area contributed by atoms with E-state index in [0.717, 1.165) is 4.88 Å². The number of amides is 1. The molecule has 0 bridgehead atoms. The van der Waals surface area contributed by atoms with E-state index in [1.165, 1.54) is 47.0 Å². The Balaban J connectivity index is 2.17. The van der Waals surface area contributed by atoms with Crippen molar-refractivity contribution in [3.05, 3.63) is 40.9 Å². The van der Waals surface area contributed by atoms with Crippen molar-refractivity contribution in [3.8, 4) is 0 Å². The summed E-state index contributed by atoms with van der Waals surface area (Å²) in [5.74, 6) is -0.319. The zero-order chi connectivity index (χ0) is 17.2. The Hall–Kier alpha value is -1.77. The summed E-state index contributed by atoms with van der Waals surface area (Å²) >= 11 is 1.38. The number of hydrogen-bond donors (Lipinski definition) is 1. The Labute approximate surface area is 140 Å². The Morgan fingerprint density at radius 2 is 1.87 bits per heavy atom. The molecule has 2 aromatic rings. The van der Waals surface area contributed by atoms with Crippen molar-refractivity contribution in [2.45, 2.75) is 31.7 Å². The molecule has 0 saturated carbocycles. The highest BCUT2D eigenvalue weighted by atomic mass is 32.2. The fraction of sp³-hybridized carbons (Fsp3) is 0.333. The Bertz CT molecular complexity index is 796. The molecule has 0 aliphatic rings. The minimum atomic E-state index is -3.54. The molecule has 8 heteroatoms. The monoisotopic (exact) mass is 353 g/mol. The Kier molecular flexibility index (Phi) is 5.18. The van der Waals surface area contributed by atoms with Gasteiger partial charge < -0.3 is 0 Å². The van der Waals surface area contributed by atoms with Crippen molar-refractivity contribution in [2.24, 2.45) is 0 Å². The molecule has 124 valence electrons. The molecule has 2 rings (SSSR count). The Morgan fingerprint density at radius 3 is 2.35 bits per heavy atom. The van der Waals surface area contributed by atoms with Crippen LogP contribution in [0.3, 0.4) is 0 Å². The van der Waals surface area contributed by atoms with Crippen LogP contribution in [-0.4, -0.2) is 36.7 Å². The van der Waals surface area contributed by atoms with Gasteiger partial charge in [0.05, 0.1) is 4.90 Å². The van der Waals surface area contributed by atoms with Crippen LogP contribution in [0.15, 0.2) is 35.4 Å². The van der Waals surface area contributed by atoms with Gasteiger partial charge >= 0.3 is 0 Å².